The van der Waals surface area contributed by atoms with E-state index < -0.39 is 0 Å². The van der Waals surface area contributed by atoms with Crippen LogP contribution in [0.25, 0.3) is 0 Å². The molecule has 0 radical (unpaired) electrons. The number of rotatable bonds is 4. The first kappa shape index (κ1) is 13.8. The molecule has 1 N–H and O–H groups in total. The zero-order chi connectivity index (χ0) is 13.7. The Hall–Kier alpha value is -1.59. The van der Waals surface area contributed by atoms with E-state index in [2.05, 4.69) is 22.1 Å². The SMILES string of the molecule is C=CC[C@@H]1S/C(=N/N=Cc2ccccc2Cl)NC1=O. The van der Waals surface area contributed by atoms with Gasteiger partial charge in [-0.1, -0.05) is 47.6 Å². The lowest BCUT2D eigenvalue weighted by Crippen LogP contribution is -2.24. The number of hydrogen-bond acceptors (Lipinski definition) is 4. The molecule has 0 unspecified atom stereocenters. The Balaban J connectivity index is 2.02. The second-order valence-electron chi connectivity index (χ2n) is 3.79. The van der Waals surface area contributed by atoms with Crippen molar-refractivity contribution in [2.75, 3.05) is 0 Å². The summed E-state index contributed by atoms with van der Waals surface area (Å²) in [4.78, 5) is 11.5. The number of carbonyl (C=O) groups is 1. The molecule has 2 rings (SSSR count). The molecule has 0 bridgehead atoms. The topological polar surface area (TPSA) is 53.8 Å². The zero-order valence-corrected chi connectivity index (χ0v) is 11.6. The smallest absolute Gasteiger partial charge is 0.239 e. The molecule has 6 heteroatoms. The van der Waals surface area contributed by atoms with E-state index in [0.29, 0.717) is 16.6 Å². The molecule has 19 heavy (non-hydrogen) atoms. The molecule has 1 atom stereocenters. The molecule has 1 aliphatic rings. The largest absolute Gasteiger partial charge is 0.303 e. The fraction of sp³-hybridized carbons (Fsp3) is 0.154. The summed E-state index contributed by atoms with van der Waals surface area (Å²) in [7, 11) is 0. The lowest BCUT2D eigenvalue weighted by Gasteiger charge is -1.97. The van der Waals surface area contributed by atoms with Gasteiger partial charge in [-0.3, -0.25) is 4.79 Å². The van der Waals surface area contributed by atoms with E-state index in [1.807, 2.05) is 18.2 Å². The van der Waals surface area contributed by atoms with Crippen molar-refractivity contribution >= 4 is 40.7 Å². The number of halogens is 1. The fourth-order valence-electron chi connectivity index (χ4n) is 1.48. The van der Waals surface area contributed by atoms with Crippen molar-refractivity contribution in [3.63, 3.8) is 0 Å². The van der Waals surface area contributed by atoms with Crippen molar-refractivity contribution in [3.05, 3.63) is 47.5 Å². The molecule has 1 aromatic carbocycles. The summed E-state index contributed by atoms with van der Waals surface area (Å²) in [6, 6.07) is 7.33. The Morgan fingerprint density at radius 2 is 2.26 bits per heavy atom. The summed E-state index contributed by atoms with van der Waals surface area (Å²) >= 11 is 7.34. The molecule has 1 amide bonds. The molecule has 0 saturated carbocycles. The quantitative estimate of drug-likeness (QED) is 0.527. The van der Waals surface area contributed by atoms with Crippen LogP contribution in [0.1, 0.15) is 12.0 Å². The number of amides is 1. The Morgan fingerprint density at radius 3 is 3.00 bits per heavy atom. The first-order chi connectivity index (χ1) is 9.20. The first-order valence-electron chi connectivity index (χ1n) is 5.64. The van der Waals surface area contributed by atoms with Crippen LogP contribution >= 0.6 is 23.4 Å². The number of carbonyl (C=O) groups excluding carboxylic acids is 1. The fourth-order valence-corrected chi connectivity index (χ4v) is 2.59. The van der Waals surface area contributed by atoms with Gasteiger partial charge in [-0.25, -0.2) is 0 Å². The van der Waals surface area contributed by atoms with Crippen LogP contribution in [0.2, 0.25) is 5.02 Å². The average Bonchev–Trinajstić information content (AvgIpc) is 2.73. The lowest BCUT2D eigenvalue weighted by molar-refractivity contribution is -0.118. The molecule has 0 aliphatic carbocycles. The van der Waals surface area contributed by atoms with Gasteiger partial charge in [0.25, 0.3) is 0 Å². The van der Waals surface area contributed by atoms with Gasteiger partial charge in [-0.05, 0) is 12.5 Å². The van der Waals surface area contributed by atoms with Crippen LogP contribution in [0.3, 0.4) is 0 Å². The minimum Gasteiger partial charge on any atom is -0.303 e. The van der Waals surface area contributed by atoms with Crippen LogP contribution in [0.5, 0.6) is 0 Å². The molecular weight excluding hydrogens is 282 g/mol. The average molecular weight is 294 g/mol. The number of nitrogens with one attached hydrogen (secondary N) is 1. The minimum absolute atomic E-state index is 0.0587. The molecule has 98 valence electrons. The van der Waals surface area contributed by atoms with Crippen LogP contribution in [0.4, 0.5) is 0 Å². The molecule has 1 saturated heterocycles. The van der Waals surface area contributed by atoms with Gasteiger partial charge >= 0.3 is 0 Å². The summed E-state index contributed by atoms with van der Waals surface area (Å²) in [6.07, 6.45) is 3.89. The van der Waals surface area contributed by atoms with E-state index >= 15 is 0 Å². The monoisotopic (exact) mass is 293 g/mol. The first-order valence-corrected chi connectivity index (χ1v) is 6.90. The maximum atomic E-state index is 11.5. The number of hydrogen-bond donors (Lipinski definition) is 1. The van der Waals surface area contributed by atoms with Crippen molar-refractivity contribution in [2.45, 2.75) is 11.7 Å². The van der Waals surface area contributed by atoms with Gasteiger partial charge in [0.2, 0.25) is 5.91 Å². The summed E-state index contributed by atoms with van der Waals surface area (Å²) in [5.74, 6) is -0.0587. The van der Waals surface area contributed by atoms with Crippen LogP contribution in [-0.2, 0) is 4.79 Å². The van der Waals surface area contributed by atoms with E-state index in [9.17, 15) is 4.79 Å². The van der Waals surface area contributed by atoms with Gasteiger partial charge < -0.3 is 5.32 Å². The number of benzene rings is 1. The zero-order valence-electron chi connectivity index (χ0n) is 10.0. The molecule has 1 heterocycles. The Bertz CT molecular complexity index is 557. The van der Waals surface area contributed by atoms with Crippen molar-refractivity contribution in [3.8, 4) is 0 Å². The second-order valence-corrected chi connectivity index (χ2v) is 5.39. The molecule has 1 fully saturated rings. The number of allylic oxidation sites excluding steroid dienone is 1. The second kappa shape index (κ2) is 6.54. The predicted molar refractivity (Wildman–Crippen MR) is 80.8 cm³/mol. The molecule has 0 aromatic heterocycles. The Kier molecular flexibility index (Phi) is 4.76. The maximum Gasteiger partial charge on any atom is 0.239 e. The van der Waals surface area contributed by atoms with Crippen molar-refractivity contribution in [1.29, 1.82) is 0 Å². The summed E-state index contributed by atoms with van der Waals surface area (Å²) in [6.45, 7) is 3.62. The van der Waals surface area contributed by atoms with E-state index in [1.165, 1.54) is 11.8 Å². The number of thioether (sulfide) groups is 1. The van der Waals surface area contributed by atoms with Crippen molar-refractivity contribution < 1.29 is 4.79 Å². The highest BCUT2D eigenvalue weighted by molar-refractivity contribution is 8.15. The van der Waals surface area contributed by atoms with Gasteiger partial charge in [0.15, 0.2) is 5.17 Å². The van der Waals surface area contributed by atoms with Crippen LogP contribution in [0.15, 0.2) is 47.1 Å². The van der Waals surface area contributed by atoms with E-state index in [-0.39, 0.29) is 11.2 Å². The molecule has 1 aliphatic heterocycles. The van der Waals surface area contributed by atoms with Crippen molar-refractivity contribution in [2.24, 2.45) is 10.2 Å². The van der Waals surface area contributed by atoms with E-state index in [4.69, 9.17) is 11.6 Å². The lowest BCUT2D eigenvalue weighted by atomic mass is 10.2. The highest BCUT2D eigenvalue weighted by Gasteiger charge is 2.28. The van der Waals surface area contributed by atoms with Gasteiger partial charge in [0, 0.05) is 10.6 Å². The maximum absolute atomic E-state index is 11.5. The number of nitrogens with zero attached hydrogens (tertiary/aromatic N) is 2. The van der Waals surface area contributed by atoms with Crippen LogP contribution < -0.4 is 5.32 Å². The van der Waals surface area contributed by atoms with Gasteiger partial charge in [-0.15, -0.1) is 11.7 Å². The van der Waals surface area contributed by atoms with Gasteiger partial charge in [0.05, 0.1) is 11.5 Å². The van der Waals surface area contributed by atoms with Gasteiger partial charge in [-0.2, -0.15) is 5.10 Å². The summed E-state index contributed by atoms with van der Waals surface area (Å²) in [5, 5.41) is 11.5. The normalized spacial score (nSPS) is 21.0. The minimum atomic E-state index is -0.160. The molecular formula is C13H12ClN3OS. The molecule has 4 nitrogen and oxygen atoms in total. The molecule has 1 aromatic rings. The summed E-state index contributed by atoms with van der Waals surface area (Å²) < 4.78 is 0. The molecule has 0 spiro atoms. The Labute approximate surface area is 120 Å². The Morgan fingerprint density at radius 1 is 1.47 bits per heavy atom. The van der Waals surface area contributed by atoms with Gasteiger partial charge in [0.1, 0.15) is 0 Å². The third-order valence-corrected chi connectivity index (χ3v) is 3.85. The predicted octanol–water partition coefficient (Wildman–Crippen LogP) is 2.84. The van der Waals surface area contributed by atoms with Crippen LogP contribution in [0, 0.1) is 0 Å². The third kappa shape index (κ3) is 3.68. The van der Waals surface area contributed by atoms with E-state index in [1.54, 1.807) is 18.4 Å². The van der Waals surface area contributed by atoms with Crippen molar-refractivity contribution in [1.82, 2.24) is 5.32 Å². The third-order valence-electron chi connectivity index (χ3n) is 2.41. The summed E-state index contributed by atoms with van der Waals surface area (Å²) in [5.41, 5.74) is 0.783. The van der Waals surface area contributed by atoms with E-state index in [0.717, 1.165) is 5.56 Å². The number of amidine groups is 1. The standard InChI is InChI=1S/C13H12ClN3OS/c1-2-5-11-12(18)16-13(19-11)17-15-8-9-6-3-4-7-10(9)14/h2-4,6-8,11H,1,5H2,(H,16,17,18)/t11-/m0/s1. The highest BCUT2D eigenvalue weighted by Crippen LogP contribution is 2.22. The highest BCUT2D eigenvalue weighted by atomic mass is 35.5. The van der Waals surface area contributed by atoms with Crippen LogP contribution in [-0.4, -0.2) is 22.5 Å².